The van der Waals surface area contributed by atoms with E-state index in [0.717, 1.165) is 49.0 Å². The molecule has 2 atom stereocenters. The summed E-state index contributed by atoms with van der Waals surface area (Å²) in [7, 11) is 0. The van der Waals surface area contributed by atoms with Gasteiger partial charge in [-0.15, -0.1) is 0 Å². The Kier molecular flexibility index (Phi) is 3.53. The molecule has 1 aromatic rings. The van der Waals surface area contributed by atoms with Gasteiger partial charge in [0.25, 0.3) is 0 Å². The number of fused-ring (bicyclic) bond motifs is 1. The van der Waals surface area contributed by atoms with Gasteiger partial charge < -0.3 is 15.7 Å². The number of aliphatic hydroxyl groups excluding tert-OH is 1. The topological polar surface area (TPSA) is 61.4 Å². The Hall–Kier alpha value is -1.39. The lowest BCUT2D eigenvalue weighted by Gasteiger charge is -2.20. The third kappa shape index (κ3) is 2.65. The second kappa shape index (κ2) is 5.31. The van der Waals surface area contributed by atoms with Crippen molar-refractivity contribution >= 4 is 11.6 Å². The van der Waals surface area contributed by atoms with E-state index in [-0.39, 0.29) is 11.9 Å². The Balaban J connectivity index is 1.84. The number of benzene rings is 1. The molecule has 1 amide bonds. The third-order valence-corrected chi connectivity index (χ3v) is 4.07. The fraction of sp³-hybridized carbons (Fsp3) is 0.533. The van der Waals surface area contributed by atoms with Crippen LogP contribution in [0.4, 0.5) is 5.69 Å². The first-order chi connectivity index (χ1) is 9.24. The summed E-state index contributed by atoms with van der Waals surface area (Å²) < 4.78 is 0. The van der Waals surface area contributed by atoms with E-state index >= 15 is 0 Å². The van der Waals surface area contributed by atoms with Gasteiger partial charge in [0.05, 0.1) is 6.10 Å². The van der Waals surface area contributed by atoms with Crippen LogP contribution >= 0.6 is 0 Å². The Labute approximate surface area is 113 Å². The molecule has 2 aliphatic rings. The third-order valence-electron chi connectivity index (χ3n) is 4.07. The maximum atomic E-state index is 11.5. The van der Waals surface area contributed by atoms with Gasteiger partial charge in [-0.3, -0.25) is 4.79 Å². The molecule has 4 heteroatoms. The summed E-state index contributed by atoms with van der Waals surface area (Å²) in [6.07, 6.45) is 4.05. The molecular formula is C15H20N2O2. The quantitative estimate of drug-likeness (QED) is 0.759. The zero-order chi connectivity index (χ0) is 13.2. The molecule has 0 bridgehead atoms. The molecule has 4 nitrogen and oxygen atoms in total. The smallest absolute Gasteiger partial charge is 0.224 e. The number of anilines is 1. The van der Waals surface area contributed by atoms with E-state index < -0.39 is 6.10 Å². The number of amides is 1. The van der Waals surface area contributed by atoms with Crippen molar-refractivity contribution in [1.29, 1.82) is 0 Å². The number of hydrogen-bond donors (Lipinski definition) is 3. The molecule has 0 aliphatic carbocycles. The van der Waals surface area contributed by atoms with E-state index in [9.17, 15) is 9.90 Å². The molecule has 3 N–H and O–H groups in total. The molecule has 0 radical (unpaired) electrons. The van der Waals surface area contributed by atoms with Crippen LogP contribution in [0.25, 0.3) is 0 Å². The molecule has 2 aliphatic heterocycles. The maximum absolute atomic E-state index is 11.5. The summed E-state index contributed by atoms with van der Waals surface area (Å²) in [6.45, 7) is 0.989. The van der Waals surface area contributed by atoms with Crippen LogP contribution in [0, 0.1) is 0 Å². The Morgan fingerprint density at radius 2 is 2.16 bits per heavy atom. The number of aryl methyl sites for hydroxylation is 1. The maximum Gasteiger partial charge on any atom is 0.224 e. The SMILES string of the molecule is O=C1CCCc2cc(C(O)C3CCCN3)ccc2N1. The van der Waals surface area contributed by atoms with E-state index in [2.05, 4.69) is 10.6 Å². The van der Waals surface area contributed by atoms with E-state index in [0.29, 0.717) is 6.42 Å². The predicted molar refractivity (Wildman–Crippen MR) is 74.0 cm³/mol. The second-order valence-electron chi connectivity index (χ2n) is 5.47. The Morgan fingerprint density at radius 3 is 2.95 bits per heavy atom. The number of rotatable bonds is 2. The first-order valence-electron chi connectivity index (χ1n) is 7.08. The first kappa shape index (κ1) is 12.6. The monoisotopic (exact) mass is 260 g/mol. The average molecular weight is 260 g/mol. The molecular weight excluding hydrogens is 240 g/mol. The van der Waals surface area contributed by atoms with Crippen molar-refractivity contribution in [3.63, 3.8) is 0 Å². The lowest BCUT2D eigenvalue weighted by atomic mass is 9.97. The minimum absolute atomic E-state index is 0.0875. The number of carbonyl (C=O) groups excluding carboxylic acids is 1. The highest BCUT2D eigenvalue weighted by Crippen LogP contribution is 2.28. The van der Waals surface area contributed by atoms with Crippen LogP contribution in [0.2, 0.25) is 0 Å². The first-order valence-corrected chi connectivity index (χ1v) is 7.08. The van der Waals surface area contributed by atoms with Gasteiger partial charge in [-0.2, -0.15) is 0 Å². The standard InChI is InChI=1S/C15H20N2O2/c18-14-5-1-3-10-9-11(6-7-12(10)17-14)15(19)13-4-2-8-16-13/h6-7,9,13,15-16,19H,1-5,8H2,(H,17,18). The van der Waals surface area contributed by atoms with Crippen molar-refractivity contribution in [2.45, 2.75) is 44.2 Å². The van der Waals surface area contributed by atoms with Crippen LogP contribution in [0.3, 0.4) is 0 Å². The molecule has 0 aromatic heterocycles. The van der Waals surface area contributed by atoms with Crippen LogP contribution in [0.1, 0.15) is 42.9 Å². The lowest BCUT2D eigenvalue weighted by Crippen LogP contribution is -2.28. The summed E-state index contributed by atoms with van der Waals surface area (Å²) in [6, 6.07) is 6.06. The molecule has 0 spiro atoms. The van der Waals surface area contributed by atoms with Gasteiger partial charge in [-0.05, 0) is 49.4 Å². The zero-order valence-corrected chi connectivity index (χ0v) is 11.0. The summed E-state index contributed by atoms with van der Waals surface area (Å²) >= 11 is 0. The molecule has 2 unspecified atom stereocenters. The summed E-state index contributed by atoms with van der Waals surface area (Å²) in [5.74, 6) is 0.0875. The molecule has 1 saturated heterocycles. The number of aliphatic hydroxyl groups is 1. The highest BCUT2D eigenvalue weighted by atomic mass is 16.3. The molecule has 1 aromatic carbocycles. The fourth-order valence-corrected chi connectivity index (χ4v) is 2.99. The van der Waals surface area contributed by atoms with E-state index in [1.165, 1.54) is 0 Å². The molecule has 1 fully saturated rings. The summed E-state index contributed by atoms with van der Waals surface area (Å²) in [5.41, 5.74) is 2.99. The van der Waals surface area contributed by atoms with E-state index in [1.54, 1.807) is 0 Å². The average Bonchev–Trinajstić information content (AvgIpc) is 2.87. The normalized spacial score (nSPS) is 24.5. The molecule has 3 rings (SSSR count). The van der Waals surface area contributed by atoms with Gasteiger partial charge in [0.1, 0.15) is 0 Å². The highest BCUT2D eigenvalue weighted by Gasteiger charge is 2.24. The summed E-state index contributed by atoms with van der Waals surface area (Å²) in [4.78, 5) is 11.5. The minimum atomic E-state index is -0.452. The zero-order valence-electron chi connectivity index (χ0n) is 11.0. The van der Waals surface area contributed by atoms with E-state index in [1.807, 2.05) is 18.2 Å². The Bertz CT molecular complexity index is 481. The fourth-order valence-electron chi connectivity index (χ4n) is 2.99. The highest BCUT2D eigenvalue weighted by molar-refractivity contribution is 5.92. The van der Waals surface area contributed by atoms with Crippen molar-refractivity contribution in [2.24, 2.45) is 0 Å². The van der Waals surface area contributed by atoms with Gasteiger partial charge in [-0.1, -0.05) is 12.1 Å². The van der Waals surface area contributed by atoms with Crippen LogP contribution in [-0.4, -0.2) is 23.6 Å². The van der Waals surface area contributed by atoms with Crippen molar-refractivity contribution in [1.82, 2.24) is 5.32 Å². The molecule has 2 heterocycles. The van der Waals surface area contributed by atoms with Gasteiger partial charge in [-0.25, -0.2) is 0 Å². The summed E-state index contributed by atoms with van der Waals surface area (Å²) in [5, 5.41) is 16.7. The minimum Gasteiger partial charge on any atom is -0.387 e. The predicted octanol–water partition coefficient (Wildman–Crippen LogP) is 1.75. The van der Waals surface area contributed by atoms with Crippen LogP contribution in [0.5, 0.6) is 0 Å². The Morgan fingerprint density at radius 1 is 1.26 bits per heavy atom. The molecule has 0 saturated carbocycles. The van der Waals surface area contributed by atoms with Crippen LogP contribution < -0.4 is 10.6 Å². The van der Waals surface area contributed by atoms with Gasteiger partial charge in [0.15, 0.2) is 0 Å². The van der Waals surface area contributed by atoms with Gasteiger partial charge >= 0.3 is 0 Å². The number of carbonyl (C=O) groups is 1. The molecule has 102 valence electrons. The van der Waals surface area contributed by atoms with Crippen molar-refractivity contribution < 1.29 is 9.90 Å². The lowest BCUT2D eigenvalue weighted by molar-refractivity contribution is -0.116. The van der Waals surface area contributed by atoms with Crippen molar-refractivity contribution in [3.8, 4) is 0 Å². The van der Waals surface area contributed by atoms with Crippen molar-refractivity contribution in [3.05, 3.63) is 29.3 Å². The molecule has 19 heavy (non-hydrogen) atoms. The number of hydrogen-bond acceptors (Lipinski definition) is 3. The van der Waals surface area contributed by atoms with Gasteiger partial charge in [0.2, 0.25) is 5.91 Å². The van der Waals surface area contributed by atoms with Crippen LogP contribution in [0.15, 0.2) is 18.2 Å². The van der Waals surface area contributed by atoms with Crippen molar-refractivity contribution in [2.75, 3.05) is 11.9 Å². The number of nitrogens with one attached hydrogen (secondary N) is 2. The van der Waals surface area contributed by atoms with Crippen LogP contribution in [-0.2, 0) is 11.2 Å². The second-order valence-corrected chi connectivity index (χ2v) is 5.47. The van der Waals surface area contributed by atoms with Gasteiger partial charge in [0, 0.05) is 18.2 Å². The van der Waals surface area contributed by atoms with E-state index in [4.69, 9.17) is 0 Å². The largest absolute Gasteiger partial charge is 0.387 e.